The van der Waals surface area contributed by atoms with Gasteiger partial charge in [-0.2, -0.15) is 0 Å². The first kappa shape index (κ1) is 8.74. The zero-order valence-electron chi connectivity index (χ0n) is 6.74. The summed E-state index contributed by atoms with van der Waals surface area (Å²) < 4.78 is 0. The first-order valence-corrected chi connectivity index (χ1v) is 3.57. The van der Waals surface area contributed by atoms with Gasteiger partial charge in [0.05, 0.1) is 0 Å². The molecule has 0 saturated carbocycles. The lowest BCUT2D eigenvalue weighted by Gasteiger charge is -2.01. The highest BCUT2D eigenvalue weighted by atomic mass is 16.3. The summed E-state index contributed by atoms with van der Waals surface area (Å²) in [6.45, 7) is 2.46. The number of rotatable bonds is 2. The quantitative estimate of drug-likeness (QED) is 0.695. The van der Waals surface area contributed by atoms with Crippen LogP contribution in [0.25, 0.3) is 0 Å². The number of aliphatic hydroxyl groups is 1. The number of carbonyl (C=O) groups is 1. The van der Waals surface area contributed by atoms with E-state index in [9.17, 15) is 4.79 Å². The maximum absolute atomic E-state index is 10.6. The molecule has 63 valence electrons. The number of hydrogen-bond acceptors (Lipinski definition) is 2. The molecule has 1 rings (SSSR count). The summed E-state index contributed by atoms with van der Waals surface area (Å²) in [5, 5.41) is 10.8. The van der Waals surface area contributed by atoms with E-state index in [4.69, 9.17) is 5.11 Å². The summed E-state index contributed by atoms with van der Waals surface area (Å²) in [6, 6.07) is 7.31. The van der Waals surface area contributed by atoms with Crippen molar-refractivity contribution >= 4 is 11.6 Å². The number of hydrogen-bond donors (Lipinski definition) is 2. The molecule has 3 nitrogen and oxygen atoms in total. The van der Waals surface area contributed by atoms with Crippen LogP contribution in [0.15, 0.2) is 24.3 Å². The highest BCUT2D eigenvalue weighted by Crippen LogP contribution is 2.08. The Morgan fingerprint density at radius 2 is 2.00 bits per heavy atom. The Hall–Kier alpha value is -1.35. The monoisotopic (exact) mass is 164 g/mol. The van der Waals surface area contributed by atoms with Gasteiger partial charge >= 0.3 is 0 Å². The van der Waals surface area contributed by atoms with Crippen LogP contribution in [0.4, 0.5) is 5.69 Å². The molecule has 0 fully saturated rings. The Morgan fingerprint density at radius 1 is 1.42 bits per heavy atom. The van der Waals surface area contributed by atoms with Gasteiger partial charge in [0.15, 0.2) is 6.61 Å². The maximum atomic E-state index is 10.6. The lowest BCUT2D eigenvalue weighted by molar-refractivity contribution is -0.115. The minimum Gasteiger partial charge on any atom is -0.380 e. The van der Waals surface area contributed by atoms with Gasteiger partial charge in [-0.05, 0) is 19.1 Å². The van der Waals surface area contributed by atoms with Crippen molar-refractivity contribution in [1.29, 1.82) is 0 Å². The van der Waals surface area contributed by atoms with Crippen molar-refractivity contribution in [2.75, 3.05) is 5.32 Å². The van der Waals surface area contributed by atoms with Gasteiger partial charge < -0.3 is 10.4 Å². The summed E-state index contributed by atoms with van der Waals surface area (Å²) in [5.41, 5.74) is 1.80. The van der Waals surface area contributed by atoms with Crippen LogP contribution in [0.5, 0.6) is 0 Å². The summed E-state index contributed by atoms with van der Waals surface area (Å²) in [5.74, 6) is -0.515. The Balaban J connectivity index is 2.64. The van der Waals surface area contributed by atoms with Crippen molar-refractivity contribution in [2.45, 2.75) is 6.92 Å². The van der Waals surface area contributed by atoms with Gasteiger partial charge in [0, 0.05) is 5.69 Å². The molecule has 1 aromatic carbocycles. The third-order valence-electron chi connectivity index (χ3n) is 1.44. The average Bonchev–Trinajstić information content (AvgIpc) is 2.09. The highest BCUT2D eigenvalue weighted by molar-refractivity contribution is 5.95. The van der Waals surface area contributed by atoms with Crippen molar-refractivity contribution in [3.05, 3.63) is 36.4 Å². The standard InChI is InChI=1S/C9H10NO2/c1-7-2-4-8(5-3-7)10-9(12)6-11/h2-6,11H,1H3,(H,10,12). The zero-order chi connectivity index (χ0) is 8.97. The number of benzene rings is 1. The third-order valence-corrected chi connectivity index (χ3v) is 1.44. The van der Waals surface area contributed by atoms with Gasteiger partial charge in [0.2, 0.25) is 0 Å². The molecule has 2 N–H and O–H groups in total. The maximum Gasteiger partial charge on any atom is 0.256 e. The van der Waals surface area contributed by atoms with Gasteiger partial charge in [-0.1, -0.05) is 17.7 Å². The predicted octanol–water partition coefficient (Wildman–Crippen LogP) is 1.47. The topological polar surface area (TPSA) is 49.3 Å². The van der Waals surface area contributed by atoms with E-state index in [0.717, 1.165) is 5.56 Å². The van der Waals surface area contributed by atoms with Gasteiger partial charge in [0.1, 0.15) is 0 Å². The molecule has 1 radical (unpaired) electrons. The lowest BCUT2D eigenvalue weighted by Crippen LogP contribution is -2.10. The molecule has 1 aromatic rings. The van der Waals surface area contributed by atoms with Crippen LogP contribution in [0.2, 0.25) is 0 Å². The van der Waals surface area contributed by atoms with E-state index >= 15 is 0 Å². The van der Waals surface area contributed by atoms with Gasteiger partial charge in [-0.15, -0.1) is 0 Å². The molecule has 0 unspecified atom stereocenters. The minimum atomic E-state index is -0.515. The number of carbonyl (C=O) groups excluding carboxylic acids is 1. The van der Waals surface area contributed by atoms with Crippen LogP contribution in [0.1, 0.15) is 5.56 Å². The smallest absolute Gasteiger partial charge is 0.256 e. The Bertz CT molecular complexity index is 266. The number of aryl methyl sites for hydroxylation is 1. The Labute approximate surface area is 71.0 Å². The molecule has 0 aromatic heterocycles. The van der Waals surface area contributed by atoms with E-state index in [0.29, 0.717) is 12.3 Å². The van der Waals surface area contributed by atoms with E-state index in [1.165, 1.54) is 0 Å². The molecule has 1 amide bonds. The second-order valence-corrected chi connectivity index (χ2v) is 2.48. The predicted molar refractivity (Wildman–Crippen MR) is 46.0 cm³/mol. The molecule has 0 aliphatic rings. The summed E-state index contributed by atoms with van der Waals surface area (Å²) in [6.07, 6.45) is 0. The second kappa shape index (κ2) is 3.88. The lowest BCUT2D eigenvalue weighted by atomic mass is 10.2. The average molecular weight is 164 g/mol. The SMILES string of the molecule is Cc1ccc(NC(=O)[CH]O)cc1. The van der Waals surface area contributed by atoms with Crippen LogP contribution in [-0.4, -0.2) is 11.0 Å². The first-order chi connectivity index (χ1) is 5.72. The molecule has 0 atom stereocenters. The Morgan fingerprint density at radius 3 is 2.50 bits per heavy atom. The number of nitrogens with one attached hydrogen (secondary N) is 1. The third kappa shape index (κ3) is 2.36. The van der Waals surface area contributed by atoms with Crippen molar-refractivity contribution in [3.63, 3.8) is 0 Å². The van der Waals surface area contributed by atoms with Crippen molar-refractivity contribution in [3.8, 4) is 0 Å². The van der Waals surface area contributed by atoms with Gasteiger partial charge in [-0.25, -0.2) is 0 Å². The number of aliphatic hydroxyl groups excluding tert-OH is 1. The molecule has 0 aliphatic heterocycles. The molecular weight excluding hydrogens is 154 g/mol. The summed E-state index contributed by atoms with van der Waals surface area (Å²) in [4.78, 5) is 10.6. The minimum absolute atomic E-state index is 0.500. The second-order valence-electron chi connectivity index (χ2n) is 2.48. The van der Waals surface area contributed by atoms with Crippen LogP contribution in [0, 0.1) is 13.5 Å². The van der Waals surface area contributed by atoms with E-state index in [1.807, 2.05) is 19.1 Å². The molecule has 3 heteroatoms. The summed E-state index contributed by atoms with van der Waals surface area (Å²) in [7, 11) is 0. The van der Waals surface area contributed by atoms with Crippen LogP contribution in [0.3, 0.4) is 0 Å². The fourth-order valence-electron chi connectivity index (χ4n) is 0.811. The summed E-state index contributed by atoms with van der Waals surface area (Å²) >= 11 is 0. The Kier molecular flexibility index (Phi) is 2.82. The van der Waals surface area contributed by atoms with E-state index in [2.05, 4.69) is 5.32 Å². The van der Waals surface area contributed by atoms with E-state index < -0.39 is 5.91 Å². The fourth-order valence-corrected chi connectivity index (χ4v) is 0.811. The normalized spacial score (nSPS) is 9.50. The van der Waals surface area contributed by atoms with Gasteiger partial charge in [-0.3, -0.25) is 4.79 Å². The highest BCUT2D eigenvalue weighted by Gasteiger charge is 1.98. The van der Waals surface area contributed by atoms with Gasteiger partial charge in [0.25, 0.3) is 5.91 Å². The van der Waals surface area contributed by atoms with Crippen LogP contribution < -0.4 is 5.32 Å². The molecule has 0 bridgehead atoms. The van der Waals surface area contributed by atoms with Crippen LogP contribution >= 0.6 is 0 Å². The molecule has 0 heterocycles. The van der Waals surface area contributed by atoms with Crippen molar-refractivity contribution in [2.24, 2.45) is 0 Å². The van der Waals surface area contributed by atoms with E-state index in [-0.39, 0.29) is 0 Å². The van der Waals surface area contributed by atoms with Crippen molar-refractivity contribution < 1.29 is 9.90 Å². The largest absolute Gasteiger partial charge is 0.380 e. The first-order valence-electron chi connectivity index (χ1n) is 3.57. The fraction of sp³-hybridized carbons (Fsp3) is 0.111. The zero-order valence-corrected chi connectivity index (χ0v) is 6.74. The number of anilines is 1. The van der Waals surface area contributed by atoms with E-state index in [1.54, 1.807) is 12.1 Å². The van der Waals surface area contributed by atoms with Crippen molar-refractivity contribution in [1.82, 2.24) is 0 Å². The molecule has 0 aliphatic carbocycles. The molecular formula is C9H10NO2. The molecule has 0 spiro atoms. The van der Waals surface area contributed by atoms with Crippen LogP contribution in [-0.2, 0) is 4.79 Å². The molecule has 12 heavy (non-hydrogen) atoms. The number of amides is 1. The molecule has 0 saturated heterocycles.